The van der Waals surface area contributed by atoms with Gasteiger partial charge in [0.1, 0.15) is 23.7 Å². The summed E-state index contributed by atoms with van der Waals surface area (Å²) in [6.45, 7) is 0.326. The zero-order valence-electron chi connectivity index (χ0n) is 15.2. The molecule has 2 aromatic rings. The lowest BCUT2D eigenvalue weighted by molar-refractivity contribution is -0.136. The van der Waals surface area contributed by atoms with Crippen LogP contribution in [0.4, 0.5) is 0 Å². The summed E-state index contributed by atoms with van der Waals surface area (Å²) in [5, 5.41) is 2.83. The fourth-order valence-corrected chi connectivity index (χ4v) is 3.93. The Balaban J connectivity index is 1.53. The number of nitrogens with zero attached hydrogens (tertiary/aromatic N) is 2. The maximum Gasteiger partial charge on any atom is 0.275 e. The third kappa shape index (κ3) is 3.52. The highest BCUT2D eigenvalue weighted by Crippen LogP contribution is 2.39. The molecular formula is C21H23N3O3. The van der Waals surface area contributed by atoms with Gasteiger partial charge in [-0.3, -0.25) is 14.6 Å². The molecular weight excluding hydrogens is 342 g/mol. The molecule has 1 aliphatic heterocycles. The third-order valence-electron chi connectivity index (χ3n) is 5.31. The van der Waals surface area contributed by atoms with E-state index in [2.05, 4.69) is 5.32 Å². The maximum absolute atomic E-state index is 13.1. The van der Waals surface area contributed by atoms with E-state index >= 15 is 0 Å². The smallest absolute Gasteiger partial charge is 0.275 e. The molecule has 27 heavy (non-hydrogen) atoms. The molecule has 2 aliphatic rings. The van der Waals surface area contributed by atoms with Gasteiger partial charge in [-0.15, -0.1) is 0 Å². The Bertz CT molecular complexity index is 837. The molecule has 0 unspecified atom stereocenters. The SMILES string of the molecule is O=C(CN1C(=O)C(c2ccccc2)=NC12CCCCC2)NCc1ccco1. The standard InChI is InChI=1S/C21H23N3O3/c25-18(22-14-17-10-7-13-27-17)15-24-20(26)19(16-8-3-1-4-9-16)23-21(24)11-5-2-6-12-21/h1,3-4,7-10,13H,2,5-6,11-12,14-15H2,(H,22,25). The fourth-order valence-electron chi connectivity index (χ4n) is 3.93. The first kappa shape index (κ1) is 17.5. The van der Waals surface area contributed by atoms with E-state index in [0.29, 0.717) is 18.0 Å². The Morgan fingerprint density at radius 2 is 1.89 bits per heavy atom. The second-order valence-corrected chi connectivity index (χ2v) is 7.12. The topological polar surface area (TPSA) is 74.9 Å². The molecule has 140 valence electrons. The summed E-state index contributed by atoms with van der Waals surface area (Å²) in [6, 6.07) is 13.1. The first-order chi connectivity index (χ1) is 13.2. The number of benzene rings is 1. The number of aliphatic imine (C=N–C) groups is 1. The molecule has 2 heterocycles. The first-order valence-electron chi connectivity index (χ1n) is 9.44. The van der Waals surface area contributed by atoms with Crippen LogP contribution < -0.4 is 5.32 Å². The van der Waals surface area contributed by atoms with E-state index in [4.69, 9.17) is 9.41 Å². The van der Waals surface area contributed by atoms with Crippen molar-refractivity contribution in [3.8, 4) is 0 Å². The molecule has 1 aromatic carbocycles. The van der Waals surface area contributed by atoms with Gasteiger partial charge in [-0.1, -0.05) is 36.8 Å². The van der Waals surface area contributed by atoms with Crippen LogP contribution >= 0.6 is 0 Å². The van der Waals surface area contributed by atoms with Gasteiger partial charge >= 0.3 is 0 Å². The average molecular weight is 365 g/mol. The van der Waals surface area contributed by atoms with E-state index in [1.807, 2.05) is 30.3 Å². The lowest BCUT2D eigenvalue weighted by Gasteiger charge is -2.38. The molecule has 0 bridgehead atoms. The van der Waals surface area contributed by atoms with Crippen molar-refractivity contribution in [1.29, 1.82) is 0 Å². The first-order valence-corrected chi connectivity index (χ1v) is 9.44. The molecule has 0 atom stereocenters. The van der Waals surface area contributed by atoms with Gasteiger partial charge in [0.05, 0.1) is 12.8 Å². The summed E-state index contributed by atoms with van der Waals surface area (Å²) in [5.41, 5.74) is 0.699. The van der Waals surface area contributed by atoms with Gasteiger partial charge < -0.3 is 14.6 Å². The highest BCUT2D eigenvalue weighted by molar-refractivity contribution is 6.47. The maximum atomic E-state index is 13.1. The van der Waals surface area contributed by atoms with Crippen molar-refractivity contribution < 1.29 is 14.0 Å². The number of rotatable bonds is 5. The van der Waals surface area contributed by atoms with Crippen LogP contribution in [0.2, 0.25) is 0 Å². The van der Waals surface area contributed by atoms with Crippen LogP contribution in [0, 0.1) is 0 Å². The predicted octanol–water partition coefficient (Wildman–Crippen LogP) is 2.89. The van der Waals surface area contributed by atoms with Gasteiger partial charge in [-0.25, -0.2) is 0 Å². The van der Waals surface area contributed by atoms with Crippen LogP contribution in [0.25, 0.3) is 0 Å². The molecule has 6 nitrogen and oxygen atoms in total. The van der Waals surface area contributed by atoms with E-state index in [-0.39, 0.29) is 18.4 Å². The van der Waals surface area contributed by atoms with Crippen molar-refractivity contribution in [3.63, 3.8) is 0 Å². The minimum absolute atomic E-state index is 0.0133. The Hall–Kier alpha value is -2.89. The van der Waals surface area contributed by atoms with Crippen molar-refractivity contribution in [3.05, 3.63) is 60.1 Å². The third-order valence-corrected chi connectivity index (χ3v) is 5.31. The second-order valence-electron chi connectivity index (χ2n) is 7.12. The Labute approximate surface area is 158 Å². The summed E-state index contributed by atoms with van der Waals surface area (Å²) in [4.78, 5) is 32.2. The summed E-state index contributed by atoms with van der Waals surface area (Å²) in [5.74, 6) is 0.329. The molecule has 1 aromatic heterocycles. The van der Waals surface area contributed by atoms with Gasteiger partial charge in [0.25, 0.3) is 5.91 Å². The summed E-state index contributed by atoms with van der Waals surface area (Å²) < 4.78 is 5.24. The van der Waals surface area contributed by atoms with E-state index in [9.17, 15) is 9.59 Å². The number of hydrogen-bond donors (Lipinski definition) is 1. The molecule has 1 saturated carbocycles. The molecule has 1 N–H and O–H groups in total. The van der Waals surface area contributed by atoms with E-state index in [1.54, 1.807) is 23.3 Å². The van der Waals surface area contributed by atoms with Crippen LogP contribution in [0.3, 0.4) is 0 Å². The second kappa shape index (κ2) is 7.39. The zero-order valence-corrected chi connectivity index (χ0v) is 15.2. The minimum Gasteiger partial charge on any atom is -0.467 e. The number of hydrogen-bond acceptors (Lipinski definition) is 4. The Morgan fingerprint density at radius 3 is 2.59 bits per heavy atom. The van der Waals surface area contributed by atoms with Crippen LogP contribution in [-0.2, 0) is 16.1 Å². The Morgan fingerprint density at radius 1 is 1.11 bits per heavy atom. The molecule has 6 heteroatoms. The molecule has 2 amide bonds. The highest BCUT2D eigenvalue weighted by atomic mass is 16.3. The molecule has 0 radical (unpaired) electrons. The van der Waals surface area contributed by atoms with Crippen LogP contribution in [0.15, 0.2) is 58.1 Å². The number of carbonyl (C=O) groups excluding carboxylic acids is 2. The lowest BCUT2D eigenvalue weighted by Crippen LogP contribution is -2.52. The summed E-state index contributed by atoms with van der Waals surface area (Å²) >= 11 is 0. The minimum atomic E-state index is -0.581. The normalized spacial score (nSPS) is 18.6. The Kier molecular flexibility index (Phi) is 4.79. The molecule has 1 fully saturated rings. The lowest BCUT2D eigenvalue weighted by atomic mass is 9.88. The van der Waals surface area contributed by atoms with Gasteiger partial charge in [0.15, 0.2) is 0 Å². The summed E-state index contributed by atoms with van der Waals surface area (Å²) in [6.07, 6.45) is 6.36. The quantitative estimate of drug-likeness (QED) is 0.885. The van der Waals surface area contributed by atoms with E-state index in [1.165, 1.54) is 0 Å². The largest absolute Gasteiger partial charge is 0.467 e. The van der Waals surface area contributed by atoms with Gasteiger partial charge in [-0.2, -0.15) is 0 Å². The number of nitrogens with one attached hydrogen (secondary N) is 1. The van der Waals surface area contributed by atoms with Gasteiger partial charge in [0, 0.05) is 5.56 Å². The van der Waals surface area contributed by atoms with Crippen LogP contribution in [-0.4, -0.2) is 34.6 Å². The predicted molar refractivity (Wildman–Crippen MR) is 101 cm³/mol. The van der Waals surface area contributed by atoms with Crippen molar-refractivity contribution >= 4 is 17.5 Å². The van der Waals surface area contributed by atoms with Crippen LogP contribution in [0.5, 0.6) is 0 Å². The summed E-state index contributed by atoms with van der Waals surface area (Å²) in [7, 11) is 0. The van der Waals surface area contributed by atoms with Gasteiger partial charge in [-0.05, 0) is 37.8 Å². The van der Waals surface area contributed by atoms with Crippen LogP contribution in [0.1, 0.15) is 43.4 Å². The molecule has 1 aliphatic carbocycles. The average Bonchev–Trinajstić information content (AvgIpc) is 3.31. The molecule has 0 saturated heterocycles. The van der Waals surface area contributed by atoms with Crippen molar-refractivity contribution in [2.45, 2.75) is 44.3 Å². The number of carbonyl (C=O) groups is 2. The zero-order chi connectivity index (χ0) is 18.7. The van der Waals surface area contributed by atoms with Crippen molar-refractivity contribution in [1.82, 2.24) is 10.2 Å². The van der Waals surface area contributed by atoms with Gasteiger partial charge in [0.2, 0.25) is 5.91 Å². The molecule has 4 rings (SSSR count). The molecule has 1 spiro atoms. The number of amides is 2. The number of furan rings is 1. The monoisotopic (exact) mass is 365 g/mol. The van der Waals surface area contributed by atoms with Crippen molar-refractivity contribution in [2.75, 3.05) is 6.54 Å². The van der Waals surface area contributed by atoms with E-state index < -0.39 is 5.66 Å². The highest BCUT2D eigenvalue weighted by Gasteiger charge is 2.48. The van der Waals surface area contributed by atoms with Crippen molar-refractivity contribution in [2.24, 2.45) is 4.99 Å². The van der Waals surface area contributed by atoms with E-state index in [0.717, 1.165) is 37.7 Å². The fraction of sp³-hybridized carbons (Fsp3) is 0.381.